The SMILES string of the molecule is C=C1CCC[C@H]2[C@](C)(CC3=C(Cl)C(=O)C=C(OC)C3=O)[C@@H](COC(=O)CCCCCNC(=O)OC(C)(C)C)CC[C@]12C. The van der Waals surface area contributed by atoms with E-state index in [0.717, 1.165) is 51.0 Å². The number of carbonyl (C=O) groups is 4. The number of fused-ring (bicyclic) bond motifs is 1. The van der Waals surface area contributed by atoms with Gasteiger partial charge in [-0.25, -0.2) is 4.79 Å². The molecule has 1 amide bonds. The molecule has 0 unspecified atom stereocenters. The molecule has 2 saturated carbocycles. The van der Waals surface area contributed by atoms with Crippen molar-refractivity contribution in [2.24, 2.45) is 22.7 Å². The molecule has 2 fully saturated rings. The number of ether oxygens (including phenoxy) is 3. The minimum Gasteiger partial charge on any atom is -0.493 e. The van der Waals surface area contributed by atoms with Crippen LogP contribution in [0.5, 0.6) is 0 Å². The Bertz CT molecular complexity index is 1150. The Morgan fingerprint density at radius 3 is 2.52 bits per heavy atom. The summed E-state index contributed by atoms with van der Waals surface area (Å²) in [6.45, 7) is 15.0. The number of methoxy groups -OCH3 is 1. The normalized spacial score (nSPS) is 28.2. The highest BCUT2D eigenvalue weighted by molar-refractivity contribution is 6.48. The minimum atomic E-state index is -0.539. The lowest BCUT2D eigenvalue weighted by atomic mass is 9.45. The predicted octanol–water partition coefficient (Wildman–Crippen LogP) is 6.96. The first kappa shape index (κ1) is 33.9. The van der Waals surface area contributed by atoms with Crippen molar-refractivity contribution in [3.8, 4) is 0 Å². The number of Topliss-reactive ketones (excluding diaryl/α,β-unsaturated/α-hetero) is 1. The van der Waals surface area contributed by atoms with E-state index in [0.29, 0.717) is 25.8 Å². The molecule has 0 bridgehead atoms. The lowest BCUT2D eigenvalue weighted by Gasteiger charge is -2.59. The molecule has 3 aliphatic rings. The number of alkyl carbamates (subject to hydrolysis) is 1. The molecule has 3 rings (SSSR count). The van der Waals surface area contributed by atoms with E-state index in [9.17, 15) is 19.2 Å². The monoisotopic (exact) mass is 605 g/mol. The van der Waals surface area contributed by atoms with Crippen LogP contribution in [0, 0.1) is 22.7 Å². The van der Waals surface area contributed by atoms with Crippen LogP contribution >= 0.6 is 11.6 Å². The van der Waals surface area contributed by atoms with Gasteiger partial charge in [-0.15, -0.1) is 0 Å². The van der Waals surface area contributed by atoms with Crippen LogP contribution in [0.1, 0.15) is 98.8 Å². The van der Waals surface area contributed by atoms with Crippen molar-refractivity contribution in [2.45, 2.75) is 104 Å². The van der Waals surface area contributed by atoms with Gasteiger partial charge in [-0.2, -0.15) is 0 Å². The van der Waals surface area contributed by atoms with Crippen LogP contribution in [0.2, 0.25) is 0 Å². The topological polar surface area (TPSA) is 108 Å². The molecular formula is C33H48ClNO7. The Morgan fingerprint density at radius 2 is 1.86 bits per heavy atom. The molecule has 234 valence electrons. The van der Waals surface area contributed by atoms with Gasteiger partial charge in [-0.1, -0.05) is 44.0 Å². The van der Waals surface area contributed by atoms with Crippen LogP contribution in [0.25, 0.3) is 0 Å². The zero-order valence-electron chi connectivity index (χ0n) is 26.2. The van der Waals surface area contributed by atoms with E-state index in [1.54, 1.807) is 0 Å². The third-order valence-corrected chi connectivity index (χ3v) is 9.89. The third-order valence-electron chi connectivity index (χ3n) is 9.48. The van der Waals surface area contributed by atoms with Crippen molar-refractivity contribution in [3.63, 3.8) is 0 Å². The summed E-state index contributed by atoms with van der Waals surface area (Å²) in [7, 11) is 1.37. The zero-order valence-corrected chi connectivity index (χ0v) is 26.9. The van der Waals surface area contributed by atoms with Gasteiger partial charge in [-0.05, 0) is 94.8 Å². The number of carbonyl (C=O) groups excluding carboxylic acids is 4. The van der Waals surface area contributed by atoms with E-state index in [1.807, 2.05) is 20.8 Å². The second-order valence-electron chi connectivity index (χ2n) is 13.5. The molecule has 3 aliphatic carbocycles. The Kier molecular flexibility index (Phi) is 11.1. The number of nitrogens with one attached hydrogen (secondary N) is 1. The fourth-order valence-corrected chi connectivity index (χ4v) is 7.29. The van der Waals surface area contributed by atoms with E-state index in [2.05, 4.69) is 25.7 Å². The summed E-state index contributed by atoms with van der Waals surface area (Å²) >= 11 is 6.46. The van der Waals surface area contributed by atoms with Crippen molar-refractivity contribution in [2.75, 3.05) is 20.3 Å². The molecule has 0 heterocycles. The highest BCUT2D eigenvalue weighted by atomic mass is 35.5. The van der Waals surface area contributed by atoms with Gasteiger partial charge in [0.15, 0.2) is 5.76 Å². The summed E-state index contributed by atoms with van der Waals surface area (Å²) < 4.78 is 16.3. The predicted molar refractivity (Wildman–Crippen MR) is 162 cm³/mol. The lowest BCUT2D eigenvalue weighted by molar-refractivity contribution is -0.151. The molecule has 0 saturated heterocycles. The van der Waals surface area contributed by atoms with E-state index in [-0.39, 0.29) is 52.0 Å². The summed E-state index contributed by atoms with van der Waals surface area (Å²) in [6.07, 6.45) is 8.16. The van der Waals surface area contributed by atoms with E-state index in [4.69, 9.17) is 25.8 Å². The summed E-state index contributed by atoms with van der Waals surface area (Å²) in [4.78, 5) is 50.4. The Balaban J connectivity index is 1.64. The molecule has 8 nitrogen and oxygen atoms in total. The second kappa shape index (κ2) is 13.8. The number of hydrogen-bond acceptors (Lipinski definition) is 7. The first-order valence-corrected chi connectivity index (χ1v) is 15.5. The first-order valence-electron chi connectivity index (χ1n) is 15.2. The van der Waals surface area contributed by atoms with E-state index in [1.165, 1.54) is 12.7 Å². The van der Waals surface area contributed by atoms with Gasteiger partial charge in [0.05, 0.1) is 18.7 Å². The van der Waals surface area contributed by atoms with Gasteiger partial charge < -0.3 is 19.5 Å². The number of esters is 1. The molecule has 0 aromatic carbocycles. The van der Waals surface area contributed by atoms with Crippen molar-refractivity contribution >= 4 is 35.2 Å². The molecule has 0 aromatic heterocycles. The van der Waals surface area contributed by atoms with Gasteiger partial charge in [-0.3, -0.25) is 14.4 Å². The molecule has 0 aromatic rings. The number of ketones is 2. The van der Waals surface area contributed by atoms with Crippen LogP contribution in [0.15, 0.2) is 34.6 Å². The Hall–Kier alpha value is -2.61. The molecule has 0 radical (unpaired) electrons. The molecule has 9 heteroatoms. The highest BCUT2D eigenvalue weighted by Crippen LogP contribution is 2.63. The van der Waals surface area contributed by atoms with Crippen LogP contribution in [-0.2, 0) is 28.6 Å². The molecule has 0 aliphatic heterocycles. The van der Waals surface area contributed by atoms with E-state index >= 15 is 0 Å². The second-order valence-corrected chi connectivity index (χ2v) is 13.9. The van der Waals surface area contributed by atoms with Crippen LogP contribution in [0.3, 0.4) is 0 Å². The maximum atomic E-state index is 13.3. The number of halogens is 1. The maximum Gasteiger partial charge on any atom is 0.407 e. The molecule has 42 heavy (non-hydrogen) atoms. The smallest absolute Gasteiger partial charge is 0.407 e. The average Bonchev–Trinajstić information content (AvgIpc) is 2.90. The Labute approximate surface area is 255 Å². The number of unbranched alkanes of at least 4 members (excludes halogenated alkanes) is 2. The third kappa shape index (κ3) is 7.86. The molecule has 0 spiro atoms. The van der Waals surface area contributed by atoms with Crippen molar-refractivity contribution in [3.05, 3.63) is 34.6 Å². The fraction of sp³-hybridized carbons (Fsp3) is 0.697. The summed E-state index contributed by atoms with van der Waals surface area (Å²) in [5.74, 6) is -0.869. The van der Waals surface area contributed by atoms with Gasteiger partial charge in [0.25, 0.3) is 0 Å². The molecule has 4 atom stereocenters. The highest BCUT2D eigenvalue weighted by Gasteiger charge is 2.56. The summed E-state index contributed by atoms with van der Waals surface area (Å²) in [6, 6.07) is 0. The first-order chi connectivity index (χ1) is 19.6. The van der Waals surface area contributed by atoms with Crippen LogP contribution in [-0.4, -0.2) is 49.5 Å². The lowest BCUT2D eigenvalue weighted by Crippen LogP contribution is -2.52. The Morgan fingerprint density at radius 1 is 1.14 bits per heavy atom. The summed E-state index contributed by atoms with van der Waals surface area (Å²) in [5.41, 5.74) is 0.411. The van der Waals surface area contributed by atoms with E-state index < -0.39 is 22.9 Å². The number of rotatable bonds is 11. The number of allylic oxidation sites excluding steroid dienone is 4. The van der Waals surface area contributed by atoms with Gasteiger partial charge in [0.1, 0.15) is 5.60 Å². The molecular weight excluding hydrogens is 558 g/mol. The minimum absolute atomic E-state index is 0.00102. The van der Waals surface area contributed by atoms with Crippen LogP contribution in [0.4, 0.5) is 4.79 Å². The zero-order chi connectivity index (χ0) is 31.3. The fourth-order valence-electron chi connectivity index (χ4n) is 7.09. The number of amides is 1. The van der Waals surface area contributed by atoms with Gasteiger partial charge in [0.2, 0.25) is 11.6 Å². The van der Waals surface area contributed by atoms with Crippen molar-refractivity contribution < 1.29 is 33.4 Å². The summed E-state index contributed by atoms with van der Waals surface area (Å²) in [5, 5.41) is 2.67. The molecule has 1 N–H and O–H groups in total. The van der Waals surface area contributed by atoms with Crippen molar-refractivity contribution in [1.29, 1.82) is 0 Å². The largest absolute Gasteiger partial charge is 0.493 e. The standard InChI is InChI=1S/C33H48ClNO7/c1-21-12-11-13-26-32(21,5)16-15-22(33(26,6)19-23-28(34)24(36)18-25(40-7)29(23)38)20-41-27(37)14-9-8-10-17-35-30(39)42-31(2,3)4/h18,22,26H,1,8-17,19-20H2,2-7H3,(H,35,39)/t22-,26-,32-,33-/m1/s1. The van der Waals surface area contributed by atoms with Gasteiger partial charge in [0, 0.05) is 24.6 Å². The quantitative estimate of drug-likeness (QED) is 0.117. The number of hydrogen-bond donors (Lipinski definition) is 1. The maximum absolute atomic E-state index is 13.3. The average molecular weight is 606 g/mol. The van der Waals surface area contributed by atoms with Crippen LogP contribution < -0.4 is 5.32 Å². The van der Waals surface area contributed by atoms with Gasteiger partial charge >= 0.3 is 12.1 Å². The van der Waals surface area contributed by atoms with Crippen molar-refractivity contribution in [1.82, 2.24) is 5.32 Å².